The predicted octanol–water partition coefficient (Wildman–Crippen LogP) is 7.12. The topological polar surface area (TPSA) is 121 Å². The lowest BCUT2D eigenvalue weighted by Gasteiger charge is -2.10. The third-order valence-corrected chi connectivity index (χ3v) is 7.33. The lowest BCUT2D eigenvalue weighted by molar-refractivity contribution is -0.384. The Labute approximate surface area is 261 Å². The Morgan fingerprint density at radius 2 is 1.74 bits per heavy atom. The van der Waals surface area contributed by atoms with Crippen molar-refractivity contribution in [1.82, 2.24) is 9.99 Å². The Bertz CT molecular complexity index is 1770. The maximum Gasteiger partial charge on any atom is 0.307 e. The molecule has 0 fully saturated rings. The Morgan fingerprint density at radius 3 is 2.47 bits per heavy atom. The van der Waals surface area contributed by atoms with Gasteiger partial charge in [-0.3, -0.25) is 14.9 Å². The first kappa shape index (κ1) is 29.6. The Morgan fingerprint density at radius 1 is 0.977 bits per heavy atom. The van der Waals surface area contributed by atoms with Crippen molar-refractivity contribution in [2.45, 2.75) is 27.1 Å². The predicted molar refractivity (Wildman–Crippen MR) is 170 cm³/mol. The fraction of sp³-hybridized carbons (Fsp3) is 0.125. The minimum atomic E-state index is -0.490. The van der Waals surface area contributed by atoms with Crippen LogP contribution in [0.15, 0.2) is 101 Å². The molecular formula is C32H27IN4O6. The van der Waals surface area contributed by atoms with Crippen molar-refractivity contribution < 1.29 is 23.6 Å². The van der Waals surface area contributed by atoms with E-state index in [-0.39, 0.29) is 24.7 Å². The number of benzene rings is 3. The van der Waals surface area contributed by atoms with Crippen molar-refractivity contribution in [3.05, 3.63) is 139 Å². The van der Waals surface area contributed by atoms with Crippen LogP contribution in [0.5, 0.6) is 11.5 Å². The summed E-state index contributed by atoms with van der Waals surface area (Å²) in [5, 5.41) is 15.0. The Balaban J connectivity index is 1.10. The van der Waals surface area contributed by atoms with Crippen molar-refractivity contribution in [2.24, 2.45) is 5.10 Å². The summed E-state index contributed by atoms with van der Waals surface area (Å²) in [6, 6.07) is 26.9. The number of nitro groups is 1. The molecule has 0 unspecified atom stereocenters. The molecule has 0 saturated heterocycles. The van der Waals surface area contributed by atoms with E-state index in [9.17, 15) is 14.9 Å². The molecule has 5 aromatic rings. The molecule has 43 heavy (non-hydrogen) atoms. The largest absolute Gasteiger partial charge is 0.488 e. The number of hydrogen-bond donors (Lipinski definition) is 1. The second-order valence-corrected chi connectivity index (χ2v) is 10.8. The molecule has 5 rings (SSSR count). The number of hydrazone groups is 1. The number of halogens is 1. The number of rotatable bonds is 11. The number of nitro benzene ring substituents is 1. The van der Waals surface area contributed by atoms with Crippen LogP contribution in [0.1, 0.15) is 38.8 Å². The number of ether oxygens (including phenoxy) is 2. The van der Waals surface area contributed by atoms with E-state index in [4.69, 9.17) is 13.9 Å². The smallest absolute Gasteiger partial charge is 0.307 e. The lowest BCUT2D eigenvalue weighted by atomic mass is 10.2. The molecule has 0 atom stereocenters. The van der Waals surface area contributed by atoms with Gasteiger partial charge in [-0.2, -0.15) is 5.10 Å². The third-order valence-electron chi connectivity index (χ3n) is 6.48. The lowest BCUT2D eigenvalue weighted by Crippen LogP contribution is -2.16. The van der Waals surface area contributed by atoms with E-state index in [1.165, 1.54) is 18.3 Å². The summed E-state index contributed by atoms with van der Waals surface area (Å²) in [5.41, 5.74) is 7.29. The summed E-state index contributed by atoms with van der Waals surface area (Å²) < 4.78 is 20.3. The SMILES string of the molecule is Cc1ccc(C)n1-c1ccc(OCc2ccc(C(=O)N/N=C/c3ccc(OCc4cccc([N+](=O)[O-])c4)c(I)c3)o2)cc1. The molecule has 0 bridgehead atoms. The number of furan rings is 1. The summed E-state index contributed by atoms with van der Waals surface area (Å²) in [5.74, 6) is 1.44. The van der Waals surface area contributed by atoms with E-state index < -0.39 is 10.8 Å². The molecule has 0 aliphatic heterocycles. The molecule has 2 aromatic heterocycles. The summed E-state index contributed by atoms with van der Waals surface area (Å²) in [6.45, 7) is 4.49. The average molecular weight is 690 g/mol. The first-order chi connectivity index (χ1) is 20.8. The number of nitrogens with one attached hydrogen (secondary N) is 1. The number of amides is 1. The number of carbonyl (C=O) groups is 1. The maximum atomic E-state index is 12.5. The van der Waals surface area contributed by atoms with Crippen molar-refractivity contribution in [1.29, 1.82) is 0 Å². The number of hydrogen-bond acceptors (Lipinski definition) is 7. The molecule has 0 spiro atoms. The monoisotopic (exact) mass is 690 g/mol. The molecule has 0 aliphatic carbocycles. The standard InChI is InChI=1S/C32H27IN4O6/c1-21-6-7-22(2)36(21)25-9-11-27(12-10-25)41-20-28-13-15-31(43-28)32(38)35-34-18-23-8-14-30(29(33)17-23)42-19-24-4-3-5-26(16-24)37(39)40/h3-18H,19-20H2,1-2H3,(H,35,38)/b34-18+. The summed E-state index contributed by atoms with van der Waals surface area (Å²) in [6.07, 6.45) is 1.51. The van der Waals surface area contributed by atoms with Gasteiger partial charge in [-0.15, -0.1) is 0 Å². The molecule has 1 amide bonds. The highest BCUT2D eigenvalue weighted by molar-refractivity contribution is 14.1. The molecule has 0 radical (unpaired) electrons. The van der Waals surface area contributed by atoms with E-state index in [1.54, 1.807) is 36.4 Å². The highest BCUT2D eigenvalue weighted by atomic mass is 127. The fourth-order valence-corrected chi connectivity index (χ4v) is 5.05. The molecule has 0 aliphatic rings. The first-order valence-corrected chi connectivity index (χ1v) is 14.3. The zero-order valence-corrected chi connectivity index (χ0v) is 25.5. The van der Waals surface area contributed by atoms with Gasteiger partial charge in [-0.1, -0.05) is 12.1 Å². The van der Waals surface area contributed by atoms with Crippen molar-refractivity contribution in [3.63, 3.8) is 0 Å². The van der Waals surface area contributed by atoms with Gasteiger partial charge in [0.2, 0.25) is 0 Å². The number of aryl methyl sites for hydroxylation is 2. The van der Waals surface area contributed by atoms with Crippen LogP contribution in [-0.2, 0) is 13.2 Å². The molecule has 3 aromatic carbocycles. The van der Waals surface area contributed by atoms with Gasteiger partial charge in [-0.05, 0) is 114 Å². The fourth-order valence-electron chi connectivity index (χ4n) is 4.36. The van der Waals surface area contributed by atoms with Gasteiger partial charge < -0.3 is 18.5 Å². The molecule has 0 saturated carbocycles. The molecule has 218 valence electrons. The van der Waals surface area contributed by atoms with Crippen LogP contribution in [0, 0.1) is 27.5 Å². The highest BCUT2D eigenvalue weighted by Crippen LogP contribution is 2.24. The molecule has 1 N–H and O–H groups in total. The Kier molecular flexibility index (Phi) is 9.20. The minimum Gasteiger partial charge on any atom is -0.488 e. The van der Waals surface area contributed by atoms with E-state index in [0.717, 1.165) is 26.2 Å². The van der Waals surface area contributed by atoms with E-state index >= 15 is 0 Å². The third kappa shape index (κ3) is 7.49. The maximum absolute atomic E-state index is 12.5. The van der Waals surface area contributed by atoms with Gasteiger partial charge >= 0.3 is 5.91 Å². The number of aromatic nitrogens is 1. The van der Waals surface area contributed by atoms with Gasteiger partial charge in [-0.25, -0.2) is 5.43 Å². The van der Waals surface area contributed by atoms with E-state index in [0.29, 0.717) is 22.8 Å². The van der Waals surface area contributed by atoms with Crippen LogP contribution in [0.3, 0.4) is 0 Å². The van der Waals surface area contributed by atoms with Crippen LogP contribution in [0.25, 0.3) is 5.69 Å². The number of nitrogens with zero attached hydrogens (tertiary/aromatic N) is 3. The van der Waals surface area contributed by atoms with Crippen LogP contribution < -0.4 is 14.9 Å². The molecule has 10 nitrogen and oxygen atoms in total. The molecule has 2 heterocycles. The van der Waals surface area contributed by atoms with Gasteiger partial charge in [0, 0.05) is 29.2 Å². The normalized spacial score (nSPS) is 11.0. The van der Waals surface area contributed by atoms with Crippen LogP contribution in [0.2, 0.25) is 0 Å². The van der Waals surface area contributed by atoms with Gasteiger partial charge in [0.1, 0.15) is 30.5 Å². The number of non-ortho nitro benzene ring substituents is 1. The summed E-state index contributed by atoms with van der Waals surface area (Å²) >= 11 is 2.13. The van der Waals surface area contributed by atoms with Crippen LogP contribution in [-0.4, -0.2) is 21.6 Å². The van der Waals surface area contributed by atoms with Crippen LogP contribution in [0.4, 0.5) is 5.69 Å². The van der Waals surface area contributed by atoms with Gasteiger partial charge in [0.25, 0.3) is 5.69 Å². The van der Waals surface area contributed by atoms with Crippen LogP contribution >= 0.6 is 22.6 Å². The second kappa shape index (κ2) is 13.4. The Hall–Kier alpha value is -4.91. The summed E-state index contributed by atoms with van der Waals surface area (Å²) in [4.78, 5) is 23.0. The van der Waals surface area contributed by atoms with Crippen molar-refractivity contribution in [3.8, 4) is 17.2 Å². The van der Waals surface area contributed by atoms with Gasteiger partial charge in [0.15, 0.2) is 5.76 Å². The zero-order valence-electron chi connectivity index (χ0n) is 23.3. The first-order valence-electron chi connectivity index (χ1n) is 13.2. The van der Waals surface area contributed by atoms with E-state index in [1.807, 2.05) is 30.3 Å². The van der Waals surface area contributed by atoms with Crippen molar-refractivity contribution >= 4 is 40.4 Å². The number of carbonyl (C=O) groups excluding carboxylic acids is 1. The zero-order chi connectivity index (χ0) is 30.3. The summed E-state index contributed by atoms with van der Waals surface area (Å²) in [7, 11) is 0. The van der Waals surface area contributed by atoms with E-state index in [2.05, 4.69) is 63.7 Å². The second-order valence-electron chi connectivity index (χ2n) is 9.60. The van der Waals surface area contributed by atoms with Crippen molar-refractivity contribution in [2.75, 3.05) is 0 Å². The minimum absolute atomic E-state index is 0.0171. The van der Waals surface area contributed by atoms with Gasteiger partial charge in [0.05, 0.1) is 14.7 Å². The molecule has 11 heteroatoms. The quantitative estimate of drug-likeness (QED) is 0.0682. The molecular weight excluding hydrogens is 663 g/mol. The highest BCUT2D eigenvalue weighted by Gasteiger charge is 2.12. The average Bonchev–Trinajstić information content (AvgIpc) is 3.62.